The van der Waals surface area contributed by atoms with Gasteiger partial charge in [0.2, 0.25) is 15.9 Å². The van der Waals surface area contributed by atoms with Crippen LogP contribution < -0.4 is 10.1 Å². The summed E-state index contributed by atoms with van der Waals surface area (Å²) in [5.74, 6) is 1.64. The lowest BCUT2D eigenvalue weighted by Gasteiger charge is -2.24. The number of rotatable bonds is 7. The topological polar surface area (TPSA) is 104 Å². The van der Waals surface area contributed by atoms with Crippen LogP contribution in [0.15, 0.2) is 35.5 Å². The van der Waals surface area contributed by atoms with E-state index in [-0.39, 0.29) is 17.1 Å². The molecule has 1 aliphatic rings. The number of ether oxygens (including phenoxy) is 1. The zero-order valence-corrected chi connectivity index (χ0v) is 16.6. The summed E-state index contributed by atoms with van der Waals surface area (Å²) in [7, 11) is -3.58. The minimum Gasteiger partial charge on any atom is -0.478 e. The van der Waals surface area contributed by atoms with E-state index in [1.807, 2.05) is 13.0 Å². The fourth-order valence-electron chi connectivity index (χ4n) is 2.69. The summed E-state index contributed by atoms with van der Waals surface area (Å²) in [5.41, 5.74) is 0.944. The molecule has 1 amide bonds. The van der Waals surface area contributed by atoms with Crippen molar-refractivity contribution in [3.8, 4) is 5.88 Å². The number of thioether (sulfide) groups is 1. The van der Waals surface area contributed by atoms with E-state index in [0.717, 1.165) is 17.1 Å². The van der Waals surface area contributed by atoms with Crippen molar-refractivity contribution in [1.82, 2.24) is 19.6 Å². The van der Waals surface area contributed by atoms with Gasteiger partial charge in [-0.3, -0.25) is 4.79 Å². The van der Waals surface area contributed by atoms with Gasteiger partial charge in [-0.25, -0.2) is 13.4 Å². The average Bonchev–Trinajstić information content (AvgIpc) is 3.19. The summed E-state index contributed by atoms with van der Waals surface area (Å²) in [5, 5.41) is 2.76. The Hall–Kier alpha value is -2.04. The Kier molecular flexibility index (Phi) is 6.40. The van der Waals surface area contributed by atoms with E-state index in [1.54, 1.807) is 24.0 Å². The molecule has 1 fully saturated rings. The van der Waals surface area contributed by atoms with Crippen LogP contribution in [0.5, 0.6) is 5.88 Å². The Labute approximate surface area is 162 Å². The molecule has 2 N–H and O–H groups in total. The minimum atomic E-state index is -3.58. The SMILES string of the molecule is CCOc1ncccc1CNC(=O)c1cc(S(=O)(=O)N2CCSCC2)c[nH]1. The molecule has 0 unspecified atom stereocenters. The lowest BCUT2D eigenvalue weighted by Crippen LogP contribution is -2.37. The number of aromatic nitrogens is 2. The van der Waals surface area contributed by atoms with E-state index in [2.05, 4.69) is 15.3 Å². The van der Waals surface area contributed by atoms with Crippen LogP contribution in [0.25, 0.3) is 0 Å². The quantitative estimate of drug-likeness (QED) is 0.716. The number of aromatic amines is 1. The van der Waals surface area contributed by atoms with Crippen LogP contribution in [0.2, 0.25) is 0 Å². The molecule has 0 saturated carbocycles. The number of H-pyrrole nitrogens is 1. The van der Waals surface area contributed by atoms with E-state index in [1.165, 1.54) is 16.6 Å². The van der Waals surface area contributed by atoms with E-state index < -0.39 is 15.9 Å². The molecule has 1 aliphatic heterocycles. The molecule has 0 bridgehead atoms. The zero-order valence-electron chi connectivity index (χ0n) is 15.0. The number of amides is 1. The van der Waals surface area contributed by atoms with Gasteiger partial charge in [0.1, 0.15) is 10.6 Å². The number of carbonyl (C=O) groups excluding carboxylic acids is 1. The Balaban J connectivity index is 1.67. The molecule has 10 heteroatoms. The van der Waals surface area contributed by atoms with Gasteiger partial charge in [0.15, 0.2) is 0 Å². The molecule has 27 heavy (non-hydrogen) atoms. The van der Waals surface area contributed by atoms with Crippen molar-refractivity contribution < 1.29 is 17.9 Å². The molecule has 0 atom stereocenters. The first-order chi connectivity index (χ1) is 13.0. The highest BCUT2D eigenvalue weighted by atomic mass is 32.2. The Morgan fingerprint density at radius 1 is 1.41 bits per heavy atom. The van der Waals surface area contributed by atoms with Crippen LogP contribution in [-0.4, -0.2) is 59.8 Å². The van der Waals surface area contributed by atoms with Crippen molar-refractivity contribution in [2.45, 2.75) is 18.4 Å². The van der Waals surface area contributed by atoms with Crippen molar-refractivity contribution in [3.05, 3.63) is 41.9 Å². The molecular formula is C17H22N4O4S2. The Morgan fingerprint density at radius 2 is 2.19 bits per heavy atom. The van der Waals surface area contributed by atoms with E-state index in [4.69, 9.17) is 4.74 Å². The molecule has 2 aromatic heterocycles. The second-order valence-electron chi connectivity index (χ2n) is 5.85. The molecule has 1 saturated heterocycles. The predicted molar refractivity (Wildman–Crippen MR) is 103 cm³/mol. The number of carbonyl (C=O) groups is 1. The van der Waals surface area contributed by atoms with E-state index in [0.29, 0.717) is 25.6 Å². The van der Waals surface area contributed by atoms with Crippen molar-refractivity contribution in [3.63, 3.8) is 0 Å². The maximum atomic E-state index is 12.7. The number of pyridine rings is 1. The first-order valence-electron chi connectivity index (χ1n) is 8.63. The number of nitrogens with one attached hydrogen (secondary N) is 2. The Bertz CT molecular complexity index is 892. The molecule has 0 aromatic carbocycles. The van der Waals surface area contributed by atoms with Gasteiger partial charge in [-0.2, -0.15) is 16.1 Å². The maximum absolute atomic E-state index is 12.7. The third kappa shape index (κ3) is 4.63. The van der Waals surface area contributed by atoms with Crippen LogP contribution in [-0.2, 0) is 16.6 Å². The summed E-state index contributed by atoms with van der Waals surface area (Å²) in [6, 6.07) is 4.95. The summed E-state index contributed by atoms with van der Waals surface area (Å²) in [6.07, 6.45) is 2.99. The van der Waals surface area contributed by atoms with E-state index in [9.17, 15) is 13.2 Å². The summed E-state index contributed by atoms with van der Waals surface area (Å²) in [4.78, 5) is 19.4. The molecule has 0 radical (unpaired) electrons. The fourth-order valence-corrected chi connectivity index (χ4v) is 5.26. The molecule has 2 aromatic rings. The van der Waals surface area contributed by atoms with Gasteiger partial charge in [0, 0.05) is 49.1 Å². The molecule has 3 heterocycles. The van der Waals surface area contributed by atoms with Gasteiger partial charge < -0.3 is 15.0 Å². The van der Waals surface area contributed by atoms with Crippen LogP contribution in [0, 0.1) is 0 Å². The maximum Gasteiger partial charge on any atom is 0.268 e. The summed E-state index contributed by atoms with van der Waals surface area (Å²) in [6.45, 7) is 3.54. The number of nitrogens with zero attached hydrogens (tertiary/aromatic N) is 2. The first-order valence-corrected chi connectivity index (χ1v) is 11.2. The molecular weight excluding hydrogens is 388 g/mol. The van der Waals surface area contributed by atoms with Crippen LogP contribution in [0.4, 0.5) is 0 Å². The lowest BCUT2D eigenvalue weighted by atomic mass is 10.2. The van der Waals surface area contributed by atoms with Gasteiger partial charge in [-0.05, 0) is 19.1 Å². The molecule has 8 nitrogen and oxygen atoms in total. The largest absolute Gasteiger partial charge is 0.478 e. The highest BCUT2D eigenvalue weighted by Crippen LogP contribution is 2.21. The van der Waals surface area contributed by atoms with Crippen molar-refractivity contribution in [2.24, 2.45) is 0 Å². The van der Waals surface area contributed by atoms with Crippen LogP contribution in [0.1, 0.15) is 23.0 Å². The lowest BCUT2D eigenvalue weighted by molar-refractivity contribution is 0.0946. The first kappa shape index (κ1) is 19.7. The highest BCUT2D eigenvalue weighted by Gasteiger charge is 2.27. The van der Waals surface area contributed by atoms with Crippen LogP contribution in [0.3, 0.4) is 0 Å². The third-order valence-electron chi connectivity index (χ3n) is 4.08. The monoisotopic (exact) mass is 410 g/mol. The average molecular weight is 411 g/mol. The molecule has 3 rings (SSSR count). The normalized spacial score (nSPS) is 15.4. The van der Waals surface area contributed by atoms with Crippen molar-refractivity contribution in [1.29, 1.82) is 0 Å². The predicted octanol–water partition coefficient (Wildman–Crippen LogP) is 1.48. The van der Waals surface area contributed by atoms with Gasteiger partial charge >= 0.3 is 0 Å². The molecule has 0 spiro atoms. The van der Waals surface area contributed by atoms with Crippen molar-refractivity contribution in [2.75, 3.05) is 31.2 Å². The summed E-state index contributed by atoms with van der Waals surface area (Å²) < 4.78 is 32.2. The smallest absolute Gasteiger partial charge is 0.268 e. The second-order valence-corrected chi connectivity index (χ2v) is 9.01. The van der Waals surface area contributed by atoms with Gasteiger partial charge in [0.05, 0.1) is 6.61 Å². The molecule has 0 aliphatic carbocycles. The standard InChI is InChI=1S/C17H22N4O4S2/c1-2-25-17-13(4-3-5-18-17)11-20-16(22)15-10-14(12-19-15)27(23,24)21-6-8-26-9-7-21/h3-5,10,12,19H,2,6-9,11H2,1H3,(H,20,22). The molecule has 146 valence electrons. The number of hydrogen-bond donors (Lipinski definition) is 2. The third-order valence-corrected chi connectivity index (χ3v) is 6.90. The van der Waals surface area contributed by atoms with Gasteiger partial charge in [-0.1, -0.05) is 6.07 Å². The highest BCUT2D eigenvalue weighted by molar-refractivity contribution is 7.99. The second kappa shape index (κ2) is 8.77. The van der Waals surface area contributed by atoms with E-state index >= 15 is 0 Å². The van der Waals surface area contributed by atoms with Crippen LogP contribution >= 0.6 is 11.8 Å². The number of hydrogen-bond acceptors (Lipinski definition) is 6. The van der Waals surface area contributed by atoms with Gasteiger partial charge in [-0.15, -0.1) is 0 Å². The Morgan fingerprint density at radius 3 is 2.93 bits per heavy atom. The number of sulfonamides is 1. The summed E-state index contributed by atoms with van der Waals surface area (Å²) >= 11 is 1.74. The van der Waals surface area contributed by atoms with Gasteiger partial charge in [0.25, 0.3) is 5.91 Å². The minimum absolute atomic E-state index is 0.107. The van der Waals surface area contributed by atoms with Crippen molar-refractivity contribution >= 4 is 27.7 Å². The fraction of sp³-hybridized carbons (Fsp3) is 0.412. The zero-order chi connectivity index (χ0) is 19.3.